The minimum Gasteiger partial charge on any atom is -0.381 e. The summed E-state index contributed by atoms with van der Waals surface area (Å²) in [4.78, 5) is 17.6. The highest BCUT2D eigenvalue weighted by atomic mass is 79.9. The van der Waals surface area contributed by atoms with Gasteiger partial charge >= 0.3 is 0 Å². The number of pyridine rings is 1. The van der Waals surface area contributed by atoms with Crippen LogP contribution < -0.4 is 0 Å². The summed E-state index contributed by atoms with van der Waals surface area (Å²) in [6.45, 7) is 4.61. The Labute approximate surface area is 120 Å². The number of halogens is 2. The lowest BCUT2D eigenvalue weighted by atomic mass is 10.1. The van der Waals surface area contributed by atoms with Crippen LogP contribution in [0.1, 0.15) is 23.8 Å². The molecule has 1 atom stereocenters. The number of rotatable bonds is 4. The first-order chi connectivity index (χ1) is 9.11. The van der Waals surface area contributed by atoms with Gasteiger partial charge in [0.25, 0.3) is 5.91 Å². The fourth-order valence-corrected chi connectivity index (χ4v) is 2.55. The van der Waals surface area contributed by atoms with Crippen LogP contribution in [0.3, 0.4) is 0 Å². The van der Waals surface area contributed by atoms with Crippen molar-refractivity contribution in [2.75, 3.05) is 26.3 Å². The zero-order valence-electron chi connectivity index (χ0n) is 10.7. The second kappa shape index (κ2) is 6.43. The van der Waals surface area contributed by atoms with Gasteiger partial charge in [-0.3, -0.25) is 4.79 Å². The fourth-order valence-electron chi connectivity index (χ4n) is 2.16. The molecule has 1 aliphatic rings. The molecule has 19 heavy (non-hydrogen) atoms. The molecule has 0 unspecified atom stereocenters. The van der Waals surface area contributed by atoms with Crippen LogP contribution in [0, 0.1) is 11.9 Å². The molecule has 1 aromatic rings. The average Bonchev–Trinajstić information content (AvgIpc) is 2.87. The van der Waals surface area contributed by atoms with E-state index in [1.165, 1.54) is 12.1 Å². The Kier molecular flexibility index (Phi) is 4.87. The molecule has 1 aromatic heterocycles. The van der Waals surface area contributed by atoms with Crippen LogP contribution in [0.4, 0.5) is 4.39 Å². The highest BCUT2D eigenvalue weighted by Gasteiger charge is 2.28. The van der Waals surface area contributed by atoms with Crippen molar-refractivity contribution in [2.24, 2.45) is 5.92 Å². The van der Waals surface area contributed by atoms with E-state index < -0.39 is 5.95 Å². The topological polar surface area (TPSA) is 42.4 Å². The lowest BCUT2D eigenvalue weighted by Gasteiger charge is -2.16. The largest absolute Gasteiger partial charge is 0.381 e. The molecule has 0 radical (unpaired) electrons. The summed E-state index contributed by atoms with van der Waals surface area (Å²) >= 11 is 3.23. The minimum absolute atomic E-state index is 0.136. The third-order valence-corrected chi connectivity index (χ3v) is 3.79. The second-order valence-corrected chi connectivity index (χ2v) is 5.38. The van der Waals surface area contributed by atoms with Crippen LogP contribution in [0.15, 0.2) is 16.6 Å². The molecule has 104 valence electrons. The molecule has 0 bridgehead atoms. The van der Waals surface area contributed by atoms with Crippen LogP contribution in [-0.2, 0) is 4.74 Å². The number of likely N-dealkylation sites (tertiary alicyclic amines) is 1. The van der Waals surface area contributed by atoms with E-state index in [2.05, 4.69) is 20.9 Å². The molecule has 0 aliphatic carbocycles. The third-order valence-electron chi connectivity index (χ3n) is 3.15. The summed E-state index contributed by atoms with van der Waals surface area (Å²) in [5, 5.41) is 0. The minimum atomic E-state index is -0.642. The number of carbonyl (C=O) groups is 1. The Morgan fingerprint density at radius 3 is 3.16 bits per heavy atom. The lowest BCUT2D eigenvalue weighted by molar-refractivity contribution is 0.0755. The molecule has 0 aromatic carbocycles. The van der Waals surface area contributed by atoms with Crippen molar-refractivity contribution in [3.63, 3.8) is 0 Å². The predicted molar refractivity (Wildman–Crippen MR) is 72.4 cm³/mol. The maximum atomic E-state index is 13.1. The van der Waals surface area contributed by atoms with Gasteiger partial charge in [0.2, 0.25) is 5.95 Å². The van der Waals surface area contributed by atoms with Crippen molar-refractivity contribution in [3.05, 3.63) is 28.2 Å². The Bertz CT molecular complexity index is 470. The molecule has 6 heteroatoms. The van der Waals surface area contributed by atoms with E-state index in [0.717, 1.165) is 6.42 Å². The first-order valence-corrected chi connectivity index (χ1v) is 7.10. The van der Waals surface area contributed by atoms with Gasteiger partial charge in [-0.2, -0.15) is 4.39 Å². The van der Waals surface area contributed by atoms with Crippen molar-refractivity contribution in [3.8, 4) is 0 Å². The molecule has 2 rings (SSSR count). The van der Waals surface area contributed by atoms with E-state index in [0.29, 0.717) is 36.7 Å². The first-order valence-electron chi connectivity index (χ1n) is 6.31. The van der Waals surface area contributed by atoms with Crippen LogP contribution in [0.2, 0.25) is 0 Å². The Hall–Kier alpha value is -1.01. The number of nitrogens with zero attached hydrogens (tertiary/aromatic N) is 2. The van der Waals surface area contributed by atoms with Crippen molar-refractivity contribution in [2.45, 2.75) is 13.3 Å². The quantitative estimate of drug-likeness (QED) is 0.796. The monoisotopic (exact) mass is 330 g/mol. The summed E-state index contributed by atoms with van der Waals surface area (Å²) in [5.74, 6) is -0.516. The van der Waals surface area contributed by atoms with Gasteiger partial charge in [0.1, 0.15) is 5.69 Å². The van der Waals surface area contributed by atoms with Gasteiger partial charge in [0.05, 0.1) is 6.61 Å². The van der Waals surface area contributed by atoms with Gasteiger partial charge < -0.3 is 9.64 Å². The summed E-state index contributed by atoms with van der Waals surface area (Å²) in [7, 11) is 0. The number of aromatic nitrogens is 1. The van der Waals surface area contributed by atoms with Crippen LogP contribution >= 0.6 is 15.9 Å². The molecule has 1 aliphatic heterocycles. The van der Waals surface area contributed by atoms with E-state index in [1.807, 2.05) is 6.92 Å². The maximum Gasteiger partial charge on any atom is 0.273 e. The van der Waals surface area contributed by atoms with Crippen LogP contribution in [0.25, 0.3) is 0 Å². The third kappa shape index (κ3) is 3.51. The van der Waals surface area contributed by atoms with Crippen molar-refractivity contribution < 1.29 is 13.9 Å². The second-order valence-electron chi connectivity index (χ2n) is 4.53. The zero-order valence-corrected chi connectivity index (χ0v) is 12.3. The number of carbonyl (C=O) groups excluding carboxylic acids is 1. The van der Waals surface area contributed by atoms with Crippen molar-refractivity contribution in [1.29, 1.82) is 0 Å². The van der Waals surface area contributed by atoms with E-state index in [-0.39, 0.29) is 11.6 Å². The number of amides is 1. The van der Waals surface area contributed by atoms with Crippen molar-refractivity contribution >= 4 is 21.8 Å². The van der Waals surface area contributed by atoms with Gasteiger partial charge in [-0.1, -0.05) is 0 Å². The molecule has 0 saturated carbocycles. The van der Waals surface area contributed by atoms with Gasteiger partial charge in [-0.15, -0.1) is 0 Å². The van der Waals surface area contributed by atoms with Crippen molar-refractivity contribution in [1.82, 2.24) is 9.88 Å². The smallest absolute Gasteiger partial charge is 0.273 e. The molecular formula is C13H16BrFN2O2. The predicted octanol–water partition coefficient (Wildman–Crippen LogP) is 2.48. The summed E-state index contributed by atoms with van der Waals surface area (Å²) < 4.78 is 19.0. The highest BCUT2D eigenvalue weighted by Crippen LogP contribution is 2.22. The molecule has 0 spiro atoms. The molecule has 2 heterocycles. The van der Waals surface area contributed by atoms with Gasteiger partial charge in [-0.05, 0) is 41.4 Å². The number of hydrogen-bond donors (Lipinski definition) is 0. The Morgan fingerprint density at radius 1 is 1.63 bits per heavy atom. The summed E-state index contributed by atoms with van der Waals surface area (Å²) in [5.41, 5.74) is 0.136. The van der Waals surface area contributed by atoms with E-state index in [9.17, 15) is 9.18 Å². The molecule has 4 nitrogen and oxygen atoms in total. The van der Waals surface area contributed by atoms with Gasteiger partial charge in [0, 0.05) is 30.1 Å². The fraction of sp³-hybridized carbons (Fsp3) is 0.538. The van der Waals surface area contributed by atoms with Gasteiger partial charge in [0.15, 0.2) is 0 Å². The van der Waals surface area contributed by atoms with Crippen LogP contribution in [-0.4, -0.2) is 42.1 Å². The Morgan fingerprint density at radius 2 is 2.42 bits per heavy atom. The summed E-state index contributed by atoms with van der Waals surface area (Å²) in [6.07, 6.45) is 0.915. The van der Waals surface area contributed by atoms with Crippen LogP contribution in [0.5, 0.6) is 0 Å². The molecule has 1 amide bonds. The molecular weight excluding hydrogens is 315 g/mol. The van der Waals surface area contributed by atoms with E-state index in [4.69, 9.17) is 4.74 Å². The molecule has 1 saturated heterocycles. The zero-order chi connectivity index (χ0) is 13.8. The molecule has 1 fully saturated rings. The number of hydrogen-bond acceptors (Lipinski definition) is 3. The maximum absolute atomic E-state index is 13.1. The lowest BCUT2D eigenvalue weighted by Crippen LogP contribution is -2.30. The summed E-state index contributed by atoms with van der Waals surface area (Å²) in [6, 6.07) is 2.73. The van der Waals surface area contributed by atoms with Gasteiger partial charge in [-0.25, -0.2) is 4.98 Å². The number of ether oxygens (including phenoxy) is 1. The highest BCUT2D eigenvalue weighted by molar-refractivity contribution is 9.10. The van der Waals surface area contributed by atoms with E-state index >= 15 is 0 Å². The standard InChI is InChI=1S/C13H16BrFN2O2/c1-2-19-8-9-5-6-17(7-9)13(18)12-10(14)3-4-11(15)16-12/h3-4,9H,2,5-8H2,1H3/t9-/m0/s1. The average molecular weight is 331 g/mol. The normalized spacial score (nSPS) is 18.9. The molecule has 0 N–H and O–H groups in total. The SMILES string of the molecule is CCOC[C@H]1CCN(C(=O)c2nc(F)ccc2Br)C1. The Balaban J connectivity index is 2.03. The first kappa shape index (κ1) is 14.4. The van der Waals surface area contributed by atoms with E-state index in [1.54, 1.807) is 4.90 Å².